The second kappa shape index (κ2) is 12.7. The molecule has 4 aromatic carbocycles. The minimum Gasteiger partial charge on any atom is -0.504 e. The van der Waals surface area contributed by atoms with Crippen molar-refractivity contribution < 1.29 is 43.4 Å². The topological polar surface area (TPSA) is 105 Å². The molecule has 7 rings (SSSR count). The first-order valence-electron chi connectivity index (χ1n) is 15.5. The third kappa shape index (κ3) is 5.38. The van der Waals surface area contributed by atoms with E-state index in [1.165, 1.54) is 7.11 Å². The molecule has 9 heteroatoms. The molecule has 4 aromatic rings. The molecule has 0 spiro atoms. The highest BCUT2D eigenvalue weighted by Crippen LogP contribution is 2.55. The predicted octanol–water partition coefficient (Wildman–Crippen LogP) is 6.28. The highest BCUT2D eigenvalue weighted by atomic mass is 16.5. The van der Waals surface area contributed by atoms with Crippen LogP contribution >= 0.6 is 0 Å². The van der Waals surface area contributed by atoms with Crippen LogP contribution in [0.15, 0.2) is 78.9 Å². The summed E-state index contributed by atoms with van der Waals surface area (Å²) in [6.07, 6.45) is -0.841. The van der Waals surface area contributed by atoms with Gasteiger partial charge in [-0.1, -0.05) is 42.5 Å². The summed E-state index contributed by atoms with van der Waals surface area (Å²) in [4.78, 5) is 0. The van der Waals surface area contributed by atoms with Crippen LogP contribution in [0.25, 0.3) is 0 Å². The smallest absolute Gasteiger partial charge is 0.165 e. The van der Waals surface area contributed by atoms with Gasteiger partial charge in [-0.3, -0.25) is 0 Å². The Morgan fingerprint density at radius 2 is 1.30 bits per heavy atom. The minimum atomic E-state index is -0.482. The number of aromatic hydroxyl groups is 1. The number of fused-ring (bicyclic) bond motifs is 2. The fourth-order valence-electron chi connectivity index (χ4n) is 7.05. The summed E-state index contributed by atoms with van der Waals surface area (Å²) in [6.45, 7) is 1.41. The number of methoxy groups -OCH3 is 3. The Morgan fingerprint density at radius 3 is 2.00 bits per heavy atom. The van der Waals surface area contributed by atoms with Crippen LogP contribution in [-0.2, 0) is 16.1 Å². The number of rotatable bonds is 10. The molecule has 46 heavy (non-hydrogen) atoms. The summed E-state index contributed by atoms with van der Waals surface area (Å²) in [5.74, 6) is 2.82. The summed E-state index contributed by atoms with van der Waals surface area (Å²) in [7, 11) is 4.76. The van der Waals surface area contributed by atoms with Gasteiger partial charge in [0.1, 0.15) is 12.7 Å². The number of benzene rings is 4. The molecule has 6 atom stereocenters. The number of aliphatic hydroxyl groups excluding tert-OH is 1. The van der Waals surface area contributed by atoms with Gasteiger partial charge in [-0.25, -0.2) is 0 Å². The van der Waals surface area contributed by atoms with Crippen LogP contribution in [0.2, 0.25) is 0 Å². The van der Waals surface area contributed by atoms with Crippen molar-refractivity contribution in [2.24, 2.45) is 11.8 Å². The molecule has 0 aliphatic carbocycles. The number of ether oxygens (including phenoxy) is 7. The lowest BCUT2D eigenvalue weighted by atomic mass is 9.83. The molecule has 240 valence electrons. The minimum absolute atomic E-state index is 0.0398. The van der Waals surface area contributed by atoms with E-state index in [4.69, 9.17) is 33.2 Å². The number of hydrogen-bond donors (Lipinski definition) is 2. The van der Waals surface area contributed by atoms with Crippen LogP contribution in [-0.4, -0.2) is 51.4 Å². The van der Waals surface area contributed by atoms with Crippen LogP contribution in [0.1, 0.15) is 52.0 Å². The highest BCUT2D eigenvalue weighted by Gasteiger charge is 2.49. The third-order valence-corrected chi connectivity index (χ3v) is 9.41. The molecule has 0 amide bonds. The normalized spacial score (nSPS) is 24.6. The Kier molecular flexibility index (Phi) is 8.38. The van der Waals surface area contributed by atoms with Gasteiger partial charge in [0, 0.05) is 17.4 Å². The molecule has 0 saturated carbocycles. The van der Waals surface area contributed by atoms with E-state index in [0.29, 0.717) is 48.6 Å². The Labute approximate surface area is 268 Å². The SMILES string of the molecule is COc1cc([C@H]2Oc3c(OC)cc([C@H]4OC[C@H]5[C@@H]4CO[C@@H]5c4ccc(OCc5ccccc5)c(OC)c4)cc3[C@@H]2CO)ccc1O. The fraction of sp³-hybridized carbons (Fsp3) is 0.351. The summed E-state index contributed by atoms with van der Waals surface area (Å²) in [5, 5.41) is 20.6. The maximum atomic E-state index is 10.5. The molecule has 3 heterocycles. The first-order chi connectivity index (χ1) is 22.5. The largest absolute Gasteiger partial charge is 0.504 e. The molecule has 0 bridgehead atoms. The quantitative estimate of drug-likeness (QED) is 0.210. The molecule has 0 aromatic heterocycles. The van der Waals surface area contributed by atoms with Crippen molar-refractivity contribution in [2.45, 2.75) is 30.8 Å². The van der Waals surface area contributed by atoms with E-state index in [9.17, 15) is 10.2 Å². The first kappa shape index (κ1) is 30.2. The molecule has 0 unspecified atom stereocenters. The van der Waals surface area contributed by atoms with Gasteiger partial charge in [-0.05, 0) is 58.7 Å². The van der Waals surface area contributed by atoms with Crippen molar-refractivity contribution in [1.82, 2.24) is 0 Å². The monoisotopic (exact) mass is 626 g/mol. The van der Waals surface area contributed by atoms with Gasteiger partial charge in [-0.15, -0.1) is 0 Å². The number of phenols is 1. The molecule has 2 fully saturated rings. The van der Waals surface area contributed by atoms with Crippen molar-refractivity contribution in [2.75, 3.05) is 41.2 Å². The molecule has 2 saturated heterocycles. The average Bonchev–Trinajstić information content (AvgIpc) is 3.81. The van der Waals surface area contributed by atoms with E-state index in [2.05, 4.69) is 6.07 Å². The van der Waals surface area contributed by atoms with Gasteiger partial charge in [-0.2, -0.15) is 0 Å². The number of phenolic OH excluding ortho intramolecular Hbond substituents is 1. The Morgan fingerprint density at radius 1 is 0.674 bits per heavy atom. The van der Waals surface area contributed by atoms with Gasteiger partial charge in [0.25, 0.3) is 0 Å². The zero-order chi connectivity index (χ0) is 31.8. The van der Waals surface area contributed by atoms with Gasteiger partial charge in [0.05, 0.1) is 59.3 Å². The molecule has 0 radical (unpaired) electrons. The Balaban J connectivity index is 1.11. The van der Waals surface area contributed by atoms with Crippen molar-refractivity contribution in [3.63, 3.8) is 0 Å². The third-order valence-electron chi connectivity index (χ3n) is 9.41. The standard InChI is InChI=1S/C37H38O9/c1-40-31-14-23(9-11-29(31)39)36-26(17-38)25-13-24(16-33(42-3)37(25)46-36)35-28-20-44-34(27(28)19-45-35)22-10-12-30(32(15-22)41-2)43-18-21-7-5-4-6-8-21/h4-16,26-28,34-36,38-39H,17-20H2,1-3H3/t26-,27-,28-,34+,35+,36+/m0/s1. The van der Waals surface area contributed by atoms with Gasteiger partial charge in [0.2, 0.25) is 0 Å². The Hall–Kier alpha value is -4.44. The molecule has 3 aliphatic rings. The van der Waals surface area contributed by atoms with E-state index >= 15 is 0 Å². The van der Waals surface area contributed by atoms with Crippen LogP contribution in [0.5, 0.6) is 34.5 Å². The van der Waals surface area contributed by atoms with Gasteiger partial charge in [0.15, 0.2) is 34.5 Å². The zero-order valence-electron chi connectivity index (χ0n) is 26.1. The maximum absolute atomic E-state index is 10.5. The molecular weight excluding hydrogens is 588 g/mol. The second-order valence-electron chi connectivity index (χ2n) is 11.9. The fourth-order valence-corrected chi connectivity index (χ4v) is 7.05. The average molecular weight is 627 g/mol. The van der Waals surface area contributed by atoms with Crippen molar-refractivity contribution in [1.29, 1.82) is 0 Å². The molecule has 9 nitrogen and oxygen atoms in total. The van der Waals surface area contributed by atoms with Crippen LogP contribution in [0.3, 0.4) is 0 Å². The van der Waals surface area contributed by atoms with Crippen LogP contribution in [0, 0.1) is 11.8 Å². The van der Waals surface area contributed by atoms with E-state index in [1.54, 1.807) is 32.4 Å². The van der Waals surface area contributed by atoms with Crippen molar-refractivity contribution in [3.05, 3.63) is 107 Å². The van der Waals surface area contributed by atoms with Crippen molar-refractivity contribution in [3.8, 4) is 34.5 Å². The van der Waals surface area contributed by atoms with Gasteiger partial charge >= 0.3 is 0 Å². The lowest BCUT2D eigenvalue weighted by molar-refractivity contribution is 0.0191. The van der Waals surface area contributed by atoms with Crippen LogP contribution < -0.4 is 23.7 Å². The Bertz CT molecular complexity index is 1690. The molecule has 2 N–H and O–H groups in total. The number of hydrogen-bond acceptors (Lipinski definition) is 9. The predicted molar refractivity (Wildman–Crippen MR) is 169 cm³/mol. The molecule has 3 aliphatic heterocycles. The summed E-state index contributed by atoms with van der Waals surface area (Å²) in [6, 6.07) is 25.1. The maximum Gasteiger partial charge on any atom is 0.165 e. The van der Waals surface area contributed by atoms with E-state index in [1.807, 2.05) is 54.6 Å². The van der Waals surface area contributed by atoms with E-state index in [-0.39, 0.29) is 42.3 Å². The van der Waals surface area contributed by atoms with Gasteiger partial charge < -0.3 is 43.4 Å². The second-order valence-corrected chi connectivity index (χ2v) is 11.9. The summed E-state index contributed by atoms with van der Waals surface area (Å²) in [5.41, 5.74) is 4.70. The number of aliphatic hydroxyl groups is 1. The molecular formula is C37H38O9. The van der Waals surface area contributed by atoms with E-state index < -0.39 is 6.10 Å². The first-order valence-corrected chi connectivity index (χ1v) is 15.5. The van der Waals surface area contributed by atoms with Crippen LogP contribution in [0.4, 0.5) is 0 Å². The van der Waals surface area contributed by atoms with E-state index in [0.717, 1.165) is 27.8 Å². The highest BCUT2D eigenvalue weighted by molar-refractivity contribution is 5.56. The van der Waals surface area contributed by atoms with Crippen molar-refractivity contribution >= 4 is 0 Å². The summed E-state index contributed by atoms with van der Waals surface area (Å²) < 4.78 is 42.2. The lowest BCUT2D eigenvalue weighted by Crippen LogP contribution is -2.15. The lowest BCUT2D eigenvalue weighted by Gasteiger charge is -2.20. The zero-order valence-corrected chi connectivity index (χ0v) is 26.1. The summed E-state index contributed by atoms with van der Waals surface area (Å²) >= 11 is 0.